The maximum Gasteiger partial charge on any atom is 0.254 e. The van der Waals surface area contributed by atoms with Gasteiger partial charge < -0.3 is 9.80 Å². The SMILES string of the molecule is O=C(CN1Cc2ccccc2C1=O)N(CCc1ccccc1)Cc1ccccc1. The Balaban J connectivity index is 1.46. The lowest BCUT2D eigenvalue weighted by Crippen LogP contribution is -2.41. The van der Waals surface area contributed by atoms with E-state index in [2.05, 4.69) is 12.1 Å². The number of carbonyl (C=O) groups is 2. The van der Waals surface area contributed by atoms with Crippen molar-refractivity contribution in [3.8, 4) is 0 Å². The number of fused-ring (bicyclic) bond motifs is 1. The summed E-state index contributed by atoms with van der Waals surface area (Å²) in [7, 11) is 0. The second-order valence-corrected chi connectivity index (χ2v) is 7.35. The average Bonchev–Trinajstić information content (AvgIpc) is 3.08. The minimum Gasteiger partial charge on any atom is -0.337 e. The van der Waals surface area contributed by atoms with E-state index in [-0.39, 0.29) is 18.4 Å². The van der Waals surface area contributed by atoms with Gasteiger partial charge in [-0.3, -0.25) is 9.59 Å². The van der Waals surface area contributed by atoms with Crippen LogP contribution >= 0.6 is 0 Å². The fraction of sp³-hybridized carbons (Fsp3) is 0.200. The van der Waals surface area contributed by atoms with Crippen molar-refractivity contribution in [1.82, 2.24) is 9.80 Å². The predicted molar refractivity (Wildman–Crippen MR) is 113 cm³/mol. The lowest BCUT2D eigenvalue weighted by Gasteiger charge is -2.26. The van der Waals surface area contributed by atoms with Crippen LogP contribution in [-0.2, 0) is 24.3 Å². The fourth-order valence-electron chi connectivity index (χ4n) is 3.71. The number of hydrogen-bond donors (Lipinski definition) is 0. The molecule has 3 aromatic rings. The quantitative estimate of drug-likeness (QED) is 0.620. The Labute approximate surface area is 171 Å². The lowest BCUT2D eigenvalue weighted by molar-refractivity contribution is -0.132. The minimum atomic E-state index is -0.0586. The molecule has 0 unspecified atom stereocenters. The second kappa shape index (κ2) is 8.74. The van der Waals surface area contributed by atoms with Crippen LogP contribution in [0.25, 0.3) is 0 Å². The number of nitrogens with zero attached hydrogens (tertiary/aromatic N) is 2. The van der Waals surface area contributed by atoms with Crippen LogP contribution in [0.2, 0.25) is 0 Å². The lowest BCUT2D eigenvalue weighted by atomic mass is 10.1. The van der Waals surface area contributed by atoms with Gasteiger partial charge in [0.1, 0.15) is 6.54 Å². The molecule has 1 aliphatic rings. The van der Waals surface area contributed by atoms with Gasteiger partial charge >= 0.3 is 0 Å². The molecule has 0 aliphatic carbocycles. The summed E-state index contributed by atoms with van der Waals surface area (Å²) >= 11 is 0. The monoisotopic (exact) mass is 384 g/mol. The topological polar surface area (TPSA) is 40.6 Å². The van der Waals surface area contributed by atoms with Gasteiger partial charge in [0.15, 0.2) is 0 Å². The van der Waals surface area contributed by atoms with E-state index >= 15 is 0 Å². The van der Waals surface area contributed by atoms with Gasteiger partial charge in [-0.1, -0.05) is 78.9 Å². The van der Waals surface area contributed by atoms with Gasteiger partial charge in [-0.15, -0.1) is 0 Å². The summed E-state index contributed by atoms with van der Waals surface area (Å²) in [6.45, 7) is 1.77. The number of hydrogen-bond acceptors (Lipinski definition) is 2. The van der Waals surface area contributed by atoms with Gasteiger partial charge in [0, 0.05) is 25.2 Å². The van der Waals surface area contributed by atoms with Gasteiger partial charge in [0.2, 0.25) is 5.91 Å². The van der Waals surface area contributed by atoms with Crippen LogP contribution in [0.4, 0.5) is 0 Å². The van der Waals surface area contributed by atoms with Crippen LogP contribution in [0.3, 0.4) is 0 Å². The molecule has 1 aliphatic heterocycles. The number of rotatable bonds is 7. The van der Waals surface area contributed by atoms with Gasteiger partial charge in [0.05, 0.1) is 0 Å². The molecule has 0 bridgehead atoms. The van der Waals surface area contributed by atoms with E-state index in [1.54, 1.807) is 4.90 Å². The first-order valence-electron chi connectivity index (χ1n) is 9.93. The van der Waals surface area contributed by atoms with Gasteiger partial charge in [-0.05, 0) is 29.2 Å². The van der Waals surface area contributed by atoms with Gasteiger partial charge in [-0.25, -0.2) is 0 Å². The smallest absolute Gasteiger partial charge is 0.254 e. The fourth-order valence-corrected chi connectivity index (χ4v) is 3.71. The Kier molecular flexibility index (Phi) is 5.71. The highest BCUT2D eigenvalue weighted by Crippen LogP contribution is 2.22. The second-order valence-electron chi connectivity index (χ2n) is 7.35. The van der Waals surface area contributed by atoms with Crippen molar-refractivity contribution in [3.05, 3.63) is 107 Å². The minimum absolute atomic E-state index is 0.0223. The molecule has 0 aromatic heterocycles. The summed E-state index contributed by atoms with van der Waals surface area (Å²) in [5.41, 5.74) is 3.98. The van der Waals surface area contributed by atoms with Gasteiger partial charge in [0.25, 0.3) is 5.91 Å². The van der Waals surface area contributed by atoms with Crippen LogP contribution in [-0.4, -0.2) is 34.7 Å². The third-order valence-corrected chi connectivity index (χ3v) is 5.30. The van der Waals surface area contributed by atoms with E-state index in [0.717, 1.165) is 17.5 Å². The first-order valence-corrected chi connectivity index (χ1v) is 9.93. The van der Waals surface area contributed by atoms with Gasteiger partial charge in [-0.2, -0.15) is 0 Å². The normalized spacial score (nSPS) is 12.7. The zero-order chi connectivity index (χ0) is 20.1. The molecule has 3 aromatic carbocycles. The first kappa shape index (κ1) is 18.9. The summed E-state index contributed by atoms with van der Waals surface area (Å²) in [5, 5.41) is 0. The third kappa shape index (κ3) is 4.54. The molecular weight excluding hydrogens is 360 g/mol. The van der Waals surface area contributed by atoms with E-state index in [4.69, 9.17) is 0 Å². The molecule has 0 radical (unpaired) electrons. The predicted octanol–water partition coefficient (Wildman–Crippen LogP) is 3.91. The van der Waals surface area contributed by atoms with Crippen LogP contribution in [0.15, 0.2) is 84.9 Å². The molecule has 1 heterocycles. The summed E-state index contributed by atoms with van der Waals surface area (Å²) in [6.07, 6.45) is 0.785. The highest BCUT2D eigenvalue weighted by Gasteiger charge is 2.29. The summed E-state index contributed by atoms with van der Waals surface area (Å²) in [5.74, 6) is -0.0809. The Morgan fingerprint density at radius 2 is 1.45 bits per heavy atom. The largest absolute Gasteiger partial charge is 0.337 e. The molecule has 0 fully saturated rings. The number of amides is 2. The van der Waals surface area contributed by atoms with E-state index in [1.165, 1.54) is 5.56 Å². The van der Waals surface area contributed by atoms with Crippen LogP contribution < -0.4 is 0 Å². The maximum atomic E-state index is 13.2. The zero-order valence-electron chi connectivity index (χ0n) is 16.3. The van der Waals surface area contributed by atoms with Crippen molar-refractivity contribution in [2.24, 2.45) is 0 Å². The third-order valence-electron chi connectivity index (χ3n) is 5.30. The van der Waals surface area contributed by atoms with Crippen molar-refractivity contribution in [1.29, 1.82) is 0 Å². The molecule has 29 heavy (non-hydrogen) atoms. The highest BCUT2D eigenvalue weighted by molar-refractivity contribution is 6.00. The molecule has 4 nitrogen and oxygen atoms in total. The molecule has 0 spiro atoms. The molecular formula is C25H24N2O2. The standard InChI is InChI=1S/C25H24N2O2/c28-24(19-27-18-22-13-7-8-14-23(22)25(27)29)26(17-21-11-5-2-6-12-21)16-15-20-9-3-1-4-10-20/h1-14H,15-19H2. The van der Waals surface area contributed by atoms with Crippen LogP contribution in [0.1, 0.15) is 27.0 Å². The molecule has 2 amide bonds. The van der Waals surface area contributed by atoms with Crippen molar-refractivity contribution in [3.63, 3.8) is 0 Å². The number of benzene rings is 3. The molecule has 0 N–H and O–H groups in total. The van der Waals surface area contributed by atoms with Crippen molar-refractivity contribution in [2.75, 3.05) is 13.1 Å². The molecule has 146 valence electrons. The molecule has 4 heteroatoms. The summed E-state index contributed by atoms with van der Waals surface area (Å²) in [6, 6.07) is 27.7. The Morgan fingerprint density at radius 1 is 0.828 bits per heavy atom. The van der Waals surface area contributed by atoms with Crippen molar-refractivity contribution < 1.29 is 9.59 Å². The summed E-state index contributed by atoms with van der Waals surface area (Å²) in [4.78, 5) is 29.3. The Hall–Kier alpha value is -3.40. The Bertz CT molecular complexity index is 986. The average molecular weight is 384 g/mol. The van der Waals surface area contributed by atoms with E-state index in [1.807, 2.05) is 77.7 Å². The highest BCUT2D eigenvalue weighted by atomic mass is 16.2. The molecule has 0 saturated heterocycles. The number of carbonyl (C=O) groups excluding carboxylic acids is 2. The van der Waals surface area contributed by atoms with E-state index < -0.39 is 0 Å². The van der Waals surface area contributed by atoms with E-state index in [0.29, 0.717) is 25.2 Å². The van der Waals surface area contributed by atoms with Crippen molar-refractivity contribution >= 4 is 11.8 Å². The van der Waals surface area contributed by atoms with Crippen molar-refractivity contribution in [2.45, 2.75) is 19.5 Å². The zero-order valence-corrected chi connectivity index (χ0v) is 16.3. The van der Waals surface area contributed by atoms with Crippen LogP contribution in [0, 0.1) is 0 Å². The molecule has 4 rings (SSSR count). The Morgan fingerprint density at radius 3 is 2.14 bits per heavy atom. The molecule has 0 atom stereocenters. The van der Waals surface area contributed by atoms with Crippen LogP contribution in [0.5, 0.6) is 0 Å². The van der Waals surface area contributed by atoms with E-state index in [9.17, 15) is 9.59 Å². The summed E-state index contributed by atoms with van der Waals surface area (Å²) < 4.78 is 0. The molecule has 0 saturated carbocycles. The maximum absolute atomic E-state index is 13.2. The first-order chi connectivity index (χ1) is 14.2.